The Hall–Kier alpha value is -2.64. The molecule has 0 aromatic heterocycles. The van der Waals surface area contributed by atoms with Gasteiger partial charge in [0, 0.05) is 12.2 Å². The zero-order chi connectivity index (χ0) is 22.9. The molecule has 0 spiro atoms. The maximum atomic E-state index is 12.5. The van der Waals surface area contributed by atoms with Crippen molar-refractivity contribution < 1.29 is 37.8 Å². The van der Waals surface area contributed by atoms with Crippen molar-refractivity contribution in [2.45, 2.75) is 36.7 Å². The van der Waals surface area contributed by atoms with E-state index in [1.807, 2.05) is 0 Å². The summed E-state index contributed by atoms with van der Waals surface area (Å²) in [5.41, 5.74) is 6.18. The van der Waals surface area contributed by atoms with E-state index in [0.29, 0.717) is 10.8 Å². The number of nitrogens with two attached hydrogens (primary N) is 1. The number of carbonyl (C=O) groups excluding carboxylic acids is 2. The van der Waals surface area contributed by atoms with Gasteiger partial charge in [-0.1, -0.05) is 17.7 Å². The Morgan fingerprint density at radius 2 is 1.73 bits per heavy atom. The van der Waals surface area contributed by atoms with Crippen LogP contribution in [0.4, 0.5) is 0 Å². The summed E-state index contributed by atoms with van der Waals surface area (Å²) in [7, 11) is -3.43. The van der Waals surface area contributed by atoms with E-state index < -0.39 is 57.0 Å². The quantitative estimate of drug-likeness (QED) is 0.248. The Bertz CT molecular complexity index is 887. The number of nitrogens with one attached hydrogen (secondary N) is 2. The molecule has 0 radical (unpaired) electrons. The van der Waals surface area contributed by atoms with Gasteiger partial charge >= 0.3 is 11.9 Å². The SMILES string of the molecule is Cc1ccc(S(=O)(=O)SC[C@H](NC(=O)CC[C@H](N)C(=O)O)C(=O)NCC(=O)O)cc1. The Kier molecular flexibility index (Phi) is 9.75. The van der Waals surface area contributed by atoms with Crippen LogP contribution in [0.1, 0.15) is 18.4 Å². The normalized spacial score (nSPS) is 13.1. The molecule has 2 atom stereocenters. The van der Waals surface area contributed by atoms with Gasteiger partial charge in [0.15, 0.2) is 0 Å². The second-order valence-corrected chi connectivity index (χ2v) is 10.2. The van der Waals surface area contributed by atoms with Crippen LogP contribution in [0.3, 0.4) is 0 Å². The van der Waals surface area contributed by atoms with Crippen LogP contribution < -0.4 is 16.4 Å². The Morgan fingerprint density at radius 1 is 1.13 bits per heavy atom. The predicted octanol–water partition coefficient (Wildman–Crippen LogP) is -0.705. The minimum absolute atomic E-state index is 0.0153. The smallest absolute Gasteiger partial charge is 0.322 e. The van der Waals surface area contributed by atoms with Crippen LogP contribution in [0.15, 0.2) is 29.2 Å². The van der Waals surface area contributed by atoms with E-state index >= 15 is 0 Å². The van der Waals surface area contributed by atoms with Crippen LogP contribution in [-0.2, 0) is 28.0 Å². The lowest BCUT2D eigenvalue weighted by Crippen LogP contribution is -2.49. The van der Waals surface area contributed by atoms with E-state index in [1.165, 1.54) is 12.1 Å². The van der Waals surface area contributed by atoms with Crippen LogP contribution in [0.25, 0.3) is 0 Å². The highest BCUT2D eigenvalue weighted by molar-refractivity contribution is 8.72. The molecular formula is C17H23N3O8S2. The number of rotatable bonds is 12. The average molecular weight is 462 g/mol. The minimum atomic E-state index is -3.84. The third-order valence-electron chi connectivity index (χ3n) is 3.76. The first kappa shape index (κ1) is 25.4. The van der Waals surface area contributed by atoms with E-state index in [0.717, 1.165) is 5.56 Å². The first-order valence-electron chi connectivity index (χ1n) is 8.65. The summed E-state index contributed by atoms with van der Waals surface area (Å²) in [5.74, 6) is -4.62. The third-order valence-corrected chi connectivity index (χ3v) is 7.31. The number of benzene rings is 1. The van der Waals surface area contributed by atoms with Crippen molar-refractivity contribution in [2.24, 2.45) is 5.73 Å². The summed E-state index contributed by atoms with van der Waals surface area (Å²) in [6.07, 6.45) is -0.509. The maximum Gasteiger partial charge on any atom is 0.322 e. The summed E-state index contributed by atoms with van der Waals surface area (Å²) in [5, 5.41) is 21.8. The fourth-order valence-electron chi connectivity index (χ4n) is 2.08. The van der Waals surface area contributed by atoms with Crippen LogP contribution >= 0.6 is 10.8 Å². The van der Waals surface area contributed by atoms with E-state index in [1.54, 1.807) is 19.1 Å². The zero-order valence-corrected chi connectivity index (χ0v) is 17.7. The molecule has 1 rings (SSSR count). The monoisotopic (exact) mass is 461 g/mol. The van der Waals surface area contributed by atoms with Gasteiger partial charge < -0.3 is 26.6 Å². The van der Waals surface area contributed by atoms with Gasteiger partial charge in [-0.3, -0.25) is 19.2 Å². The third kappa shape index (κ3) is 8.80. The topological polar surface area (TPSA) is 193 Å². The molecule has 0 saturated carbocycles. The van der Waals surface area contributed by atoms with Crippen molar-refractivity contribution in [3.05, 3.63) is 29.8 Å². The van der Waals surface area contributed by atoms with Crippen LogP contribution in [0.5, 0.6) is 0 Å². The fourth-order valence-corrected chi connectivity index (χ4v) is 4.92. The molecule has 13 heteroatoms. The number of carbonyl (C=O) groups is 4. The maximum absolute atomic E-state index is 12.5. The molecule has 1 aromatic carbocycles. The zero-order valence-electron chi connectivity index (χ0n) is 16.0. The largest absolute Gasteiger partial charge is 0.480 e. The molecule has 0 heterocycles. The highest BCUT2D eigenvalue weighted by Gasteiger charge is 2.26. The summed E-state index contributed by atoms with van der Waals surface area (Å²) in [4.78, 5) is 45.6. The van der Waals surface area contributed by atoms with Gasteiger partial charge in [-0.2, -0.15) is 0 Å². The van der Waals surface area contributed by atoms with Gasteiger partial charge in [0.25, 0.3) is 0 Å². The van der Waals surface area contributed by atoms with E-state index in [-0.39, 0.29) is 17.7 Å². The minimum Gasteiger partial charge on any atom is -0.480 e. The average Bonchev–Trinajstić information content (AvgIpc) is 2.67. The second-order valence-electron chi connectivity index (χ2n) is 6.27. The number of carboxylic acid groups (broad SMARTS) is 2. The van der Waals surface area contributed by atoms with E-state index in [9.17, 15) is 27.6 Å². The van der Waals surface area contributed by atoms with Gasteiger partial charge in [0.1, 0.15) is 18.6 Å². The lowest BCUT2D eigenvalue weighted by atomic mass is 10.1. The molecule has 0 aliphatic carbocycles. The molecule has 2 amide bonds. The number of hydrogen-bond acceptors (Lipinski definition) is 8. The summed E-state index contributed by atoms with van der Waals surface area (Å²) >= 11 is 0. The molecule has 30 heavy (non-hydrogen) atoms. The van der Waals surface area contributed by atoms with Gasteiger partial charge in [0.05, 0.1) is 4.90 Å². The fraction of sp³-hybridized carbons (Fsp3) is 0.412. The summed E-state index contributed by atoms with van der Waals surface area (Å²) in [6.45, 7) is 1.07. The van der Waals surface area contributed by atoms with Gasteiger partial charge in [0.2, 0.25) is 20.7 Å². The first-order chi connectivity index (χ1) is 13.9. The number of aliphatic carboxylic acids is 2. The number of aryl methyl sites for hydroxylation is 1. The molecule has 1 aromatic rings. The van der Waals surface area contributed by atoms with Crippen molar-refractivity contribution in [2.75, 3.05) is 12.3 Å². The van der Waals surface area contributed by atoms with Crippen LogP contribution in [-0.4, -0.2) is 66.8 Å². The van der Waals surface area contributed by atoms with Crippen LogP contribution in [0.2, 0.25) is 0 Å². The first-order valence-corrected chi connectivity index (χ1v) is 11.6. The van der Waals surface area contributed by atoms with Crippen LogP contribution in [0, 0.1) is 6.92 Å². The van der Waals surface area contributed by atoms with E-state index in [4.69, 9.17) is 15.9 Å². The molecular weight excluding hydrogens is 438 g/mol. The number of amides is 2. The molecule has 11 nitrogen and oxygen atoms in total. The van der Waals surface area contributed by atoms with Crippen molar-refractivity contribution in [1.82, 2.24) is 10.6 Å². The summed E-state index contributed by atoms with van der Waals surface area (Å²) in [6, 6.07) is 3.40. The second kappa shape index (κ2) is 11.5. The number of hydrogen-bond donors (Lipinski definition) is 5. The molecule has 0 saturated heterocycles. The lowest BCUT2D eigenvalue weighted by molar-refractivity contribution is -0.139. The standard InChI is InChI=1S/C17H23N3O8S2/c1-10-2-4-11(5-3-10)30(27,28)29-9-13(16(24)19-8-15(22)23)20-14(21)7-6-12(18)17(25)26/h2-5,12-13H,6-9,18H2,1H3,(H,19,24)(H,20,21)(H,22,23)(H,25,26)/t12-,13-/m0/s1. The number of carboxylic acids is 2. The lowest BCUT2D eigenvalue weighted by Gasteiger charge is -2.18. The highest BCUT2D eigenvalue weighted by atomic mass is 33.1. The Morgan fingerprint density at radius 3 is 2.27 bits per heavy atom. The molecule has 166 valence electrons. The molecule has 0 aliphatic rings. The van der Waals surface area contributed by atoms with Gasteiger partial charge in [-0.05, 0) is 36.3 Å². The molecule has 0 fully saturated rings. The highest BCUT2D eigenvalue weighted by Crippen LogP contribution is 2.24. The van der Waals surface area contributed by atoms with Crippen molar-refractivity contribution in [1.29, 1.82) is 0 Å². The van der Waals surface area contributed by atoms with Crippen molar-refractivity contribution in [3.63, 3.8) is 0 Å². The van der Waals surface area contributed by atoms with Crippen molar-refractivity contribution in [3.8, 4) is 0 Å². The molecule has 0 unspecified atom stereocenters. The summed E-state index contributed by atoms with van der Waals surface area (Å²) < 4.78 is 24.9. The molecule has 0 bridgehead atoms. The van der Waals surface area contributed by atoms with Crippen molar-refractivity contribution >= 4 is 43.4 Å². The van der Waals surface area contributed by atoms with E-state index in [2.05, 4.69) is 10.6 Å². The Balaban J connectivity index is 2.83. The Labute approximate surface area is 176 Å². The molecule has 6 N–H and O–H groups in total. The molecule has 0 aliphatic heterocycles. The predicted molar refractivity (Wildman–Crippen MR) is 108 cm³/mol. The van der Waals surface area contributed by atoms with Gasteiger partial charge in [-0.25, -0.2) is 8.42 Å². The van der Waals surface area contributed by atoms with Gasteiger partial charge in [-0.15, -0.1) is 0 Å².